The molecule has 0 heterocycles. The van der Waals surface area contributed by atoms with Crippen molar-refractivity contribution in [2.45, 2.75) is 20.8 Å². The maximum atomic E-state index is 11.4. The van der Waals surface area contributed by atoms with E-state index >= 15 is 0 Å². The molecule has 5 heteroatoms. The van der Waals surface area contributed by atoms with Crippen LogP contribution in [0.4, 0.5) is 4.79 Å². The SMILES string of the molecule is COCCNC(=O)NCCOc1c(C)ccc(C)c1C. The van der Waals surface area contributed by atoms with Gasteiger partial charge in [0.25, 0.3) is 0 Å². The van der Waals surface area contributed by atoms with Gasteiger partial charge in [-0.3, -0.25) is 0 Å². The summed E-state index contributed by atoms with van der Waals surface area (Å²) < 4.78 is 10.6. The van der Waals surface area contributed by atoms with E-state index in [9.17, 15) is 4.79 Å². The van der Waals surface area contributed by atoms with Crippen LogP contribution in [0, 0.1) is 20.8 Å². The highest BCUT2D eigenvalue weighted by Gasteiger charge is 2.06. The molecule has 0 aliphatic heterocycles. The second-order valence-electron chi connectivity index (χ2n) is 4.68. The van der Waals surface area contributed by atoms with E-state index in [0.29, 0.717) is 26.3 Å². The van der Waals surface area contributed by atoms with Gasteiger partial charge in [-0.25, -0.2) is 4.79 Å². The van der Waals surface area contributed by atoms with E-state index in [4.69, 9.17) is 9.47 Å². The summed E-state index contributed by atoms with van der Waals surface area (Å²) in [4.78, 5) is 11.4. The molecule has 0 aromatic heterocycles. The molecule has 1 aromatic carbocycles. The molecule has 112 valence electrons. The van der Waals surface area contributed by atoms with Gasteiger partial charge in [0.2, 0.25) is 0 Å². The zero-order chi connectivity index (χ0) is 15.0. The van der Waals surface area contributed by atoms with Gasteiger partial charge in [-0.2, -0.15) is 0 Å². The lowest BCUT2D eigenvalue weighted by molar-refractivity contribution is 0.195. The van der Waals surface area contributed by atoms with Crippen molar-refractivity contribution in [3.05, 3.63) is 28.8 Å². The molecule has 2 N–H and O–H groups in total. The number of nitrogens with one attached hydrogen (secondary N) is 2. The highest BCUT2D eigenvalue weighted by molar-refractivity contribution is 5.73. The van der Waals surface area contributed by atoms with Crippen LogP contribution < -0.4 is 15.4 Å². The average Bonchev–Trinajstić information content (AvgIpc) is 2.42. The quantitative estimate of drug-likeness (QED) is 0.750. The van der Waals surface area contributed by atoms with Crippen molar-refractivity contribution in [2.24, 2.45) is 0 Å². The molecule has 5 nitrogen and oxygen atoms in total. The highest BCUT2D eigenvalue weighted by Crippen LogP contribution is 2.25. The molecule has 0 aliphatic carbocycles. The van der Waals surface area contributed by atoms with E-state index < -0.39 is 0 Å². The van der Waals surface area contributed by atoms with Crippen molar-refractivity contribution in [1.82, 2.24) is 10.6 Å². The number of hydrogen-bond acceptors (Lipinski definition) is 3. The number of carbonyl (C=O) groups is 1. The van der Waals surface area contributed by atoms with Crippen LogP contribution in [0.2, 0.25) is 0 Å². The van der Waals surface area contributed by atoms with Crippen molar-refractivity contribution in [1.29, 1.82) is 0 Å². The van der Waals surface area contributed by atoms with Gasteiger partial charge < -0.3 is 20.1 Å². The van der Waals surface area contributed by atoms with Gasteiger partial charge in [-0.1, -0.05) is 12.1 Å². The lowest BCUT2D eigenvalue weighted by Crippen LogP contribution is -2.39. The van der Waals surface area contributed by atoms with E-state index in [0.717, 1.165) is 16.9 Å². The zero-order valence-corrected chi connectivity index (χ0v) is 12.7. The van der Waals surface area contributed by atoms with Gasteiger partial charge in [0.1, 0.15) is 12.4 Å². The van der Waals surface area contributed by atoms with Gasteiger partial charge in [-0.15, -0.1) is 0 Å². The first-order chi connectivity index (χ1) is 9.56. The summed E-state index contributed by atoms with van der Waals surface area (Å²) in [6, 6.07) is 3.92. The third kappa shape index (κ3) is 5.09. The van der Waals surface area contributed by atoms with E-state index in [1.54, 1.807) is 7.11 Å². The fourth-order valence-electron chi connectivity index (χ4n) is 1.79. The first-order valence-electron chi connectivity index (χ1n) is 6.76. The molecule has 0 spiro atoms. The Morgan fingerprint density at radius 1 is 1.05 bits per heavy atom. The van der Waals surface area contributed by atoms with Gasteiger partial charge in [0, 0.05) is 13.7 Å². The Morgan fingerprint density at radius 3 is 2.30 bits per heavy atom. The number of methoxy groups -OCH3 is 1. The van der Waals surface area contributed by atoms with Crippen LogP contribution in [0.5, 0.6) is 5.75 Å². The summed E-state index contributed by atoms with van der Waals surface area (Å²) in [7, 11) is 1.60. The second-order valence-corrected chi connectivity index (χ2v) is 4.68. The molecule has 0 fully saturated rings. The number of hydrogen-bond donors (Lipinski definition) is 2. The van der Waals surface area contributed by atoms with Crippen molar-refractivity contribution in [2.75, 3.05) is 33.4 Å². The van der Waals surface area contributed by atoms with Crippen molar-refractivity contribution < 1.29 is 14.3 Å². The van der Waals surface area contributed by atoms with E-state index in [1.165, 1.54) is 5.56 Å². The van der Waals surface area contributed by atoms with Crippen LogP contribution in [0.25, 0.3) is 0 Å². The molecule has 1 rings (SSSR count). The third-order valence-corrected chi connectivity index (χ3v) is 3.10. The smallest absolute Gasteiger partial charge is 0.314 e. The lowest BCUT2D eigenvalue weighted by atomic mass is 10.1. The zero-order valence-electron chi connectivity index (χ0n) is 12.7. The van der Waals surface area contributed by atoms with Gasteiger partial charge in [0.15, 0.2) is 0 Å². The van der Waals surface area contributed by atoms with Crippen molar-refractivity contribution in [3.8, 4) is 5.75 Å². The molecule has 0 saturated heterocycles. The molecule has 20 heavy (non-hydrogen) atoms. The standard InChI is InChI=1S/C15H24N2O3/c1-11-5-6-12(2)14(13(11)3)20-10-8-17-15(18)16-7-9-19-4/h5-6H,7-10H2,1-4H3,(H2,16,17,18). The Kier molecular flexibility index (Phi) is 6.87. The van der Waals surface area contributed by atoms with Crippen LogP contribution in [-0.2, 0) is 4.74 Å². The largest absolute Gasteiger partial charge is 0.491 e. The summed E-state index contributed by atoms with van der Waals surface area (Å²) in [5.74, 6) is 0.909. The average molecular weight is 280 g/mol. The minimum Gasteiger partial charge on any atom is -0.491 e. The topological polar surface area (TPSA) is 59.6 Å². The summed E-state index contributed by atoms with van der Waals surface area (Å²) in [6.45, 7) is 8.04. The first kappa shape index (κ1) is 16.3. The number of carbonyl (C=O) groups excluding carboxylic acids is 1. The third-order valence-electron chi connectivity index (χ3n) is 3.10. The number of rotatable bonds is 7. The van der Waals surface area contributed by atoms with Crippen LogP contribution >= 0.6 is 0 Å². The first-order valence-corrected chi connectivity index (χ1v) is 6.76. The Bertz CT molecular complexity index is 447. The molecule has 0 saturated carbocycles. The Morgan fingerprint density at radius 2 is 1.65 bits per heavy atom. The Hall–Kier alpha value is -1.75. The molecule has 0 atom stereocenters. The number of aryl methyl sites for hydroxylation is 2. The van der Waals surface area contributed by atoms with Gasteiger partial charge in [-0.05, 0) is 37.5 Å². The molecule has 0 bridgehead atoms. The minimum absolute atomic E-state index is 0.205. The molecule has 0 unspecified atom stereocenters. The minimum atomic E-state index is -0.205. The predicted molar refractivity (Wildman–Crippen MR) is 79.4 cm³/mol. The van der Waals surface area contributed by atoms with Crippen molar-refractivity contribution >= 4 is 6.03 Å². The van der Waals surface area contributed by atoms with E-state index in [1.807, 2.05) is 19.9 Å². The maximum Gasteiger partial charge on any atom is 0.314 e. The van der Waals surface area contributed by atoms with E-state index in [2.05, 4.69) is 23.6 Å². The van der Waals surface area contributed by atoms with Crippen LogP contribution in [0.3, 0.4) is 0 Å². The monoisotopic (exact) mass is 280 g/mol. The molecule has 2 amide bonds. The summed E-state index contributed by atoms with van der Waals surface area (Å²) in [5.41, 5.74) is 3.46. The number of urea groups is 1. The molecule has 0 aliphatic rings. The molecular weight excluding hydrogens is 256 g/mol. The molecular formula is C15H24N2O3. The summed E-state index contributed by atoms with van der Waals surface area (Å²) in [5, 5.41) is 5.42. The Balaban J connectivity index is 2.31. The lowest BCUT2D eigenvalue weighted by Gasteiger charge is -2.14. The Labute approximate surface area is 120 Å². The number of amides is 2. The van der Waals surface area contributed by atoms with Gasteiger partial charge >= 0.3 is 6.03 Å². The van der Waals surface area contributed by atoms with E-state index in [-0.39, 0.29) is 6.03 Å². The number of benzene rings is 1. The van der Waals surface area contributed by atoms with Crippen molar-refractivity contribution in [3.63, 3.8) is 0 Å². The summed E-state index contributed by atoms with van der Waals surface area (Å²) in [6.07, 6.45) is 0. The highest BCUT2D eigenvalue weighted by atomic mass is 16.5. The predicted octanol–water partition coefficient (Wildman–Crippen LogP) is 1.94. The normalized spacial score (nSPS) is 10.2. The summed E-state index contributed by atoms with van der Waals surface area (Å²) >= 11 is 0. The van der Waals surface area contributed by atoms with Gasteiger partial charge in [0.05, 0.1) is 13.2 Å². The van der Waals surface area contributed by atoms with Crippen LogP contribution in [-0.4, -0.2) is 39.4 Å². The van der Waals surface area contributed by atoms with Crippen LogP contribution in [0.1, 0.15) is 16.7 Å². The number of ether oxygens (including phenoxy) is 2. The molecule has 0 radical (unpaired) electrons. The van der Waals surface area contributed by atoms with Crippen LogP contribution in [0.15, 0.2) is 12.1 Å². The second kappa shape index (κ2) is 8.43. The fourth-order valence-corrected chi connectivity index (χ4v) is 1.79. The fraction of sp³-hybridized carbons (Fsp3) is 0.533. The maximum absolute atomic E-state index is 11.4. The molecule has 1 aromatic rings.